The number of rotatable bonds is 1. The second-order valence-corrected chi connectivity index (χ2v) is 5.10. The summed E-state index contributed by atoms with van der Waals surface area (Å²) in [6.07, 6.45) is 6.31. The van der Waals surface area contributed by atoms with Crippen molar-refractivity contribution < 1.29 is 9.94 Å². The lowest BCUT2D eigenvalue weighted by molar-refractivity contribution is 0.101. The lowest BCUT2D eigenvalue weighted by Gasteiger charge is -2.16. The van der Waals surface area contributed by atoms with Crippen molar-refractivity contribution in [3.63, 3.8) is 0 Å². The molecule has 0 aromatic carbocycles. The molecule has 3 aliphatic rings. The Bertz CT molecular complexity index is 283. The van der Waals surface area contributed by atoms with Gasteiger partial charge in [-0.1, -0.05) is 5.16 Å². The molecule has 3 aliphatic carbocycles. The van der Waals surface area contributed by atoms with Crippen LogP contribution in [0.25, 0.3) is 0 Å². The molecule has 3 fully saturated rings. The van der Waals surface area contributed by atoms with Gasteiger partial charge in [0, 0.05) is 12.5 Å². The summed E-state index contributed by atoms with van der Waals surface area (Å²) < 4.78 is 5.44. The van der Waals surface area contributed by atoms with Crippen molar-refractivity contribution in [2.75, 3.05) is 7.11 Å². The van der Waals surface area contributed by atoms with Gasteiger partial charge in [0.25, 0.3) is 0 Å². The number of fused-ring (bicyclic) bond motifs is 2. The van der Waals surface area contributed by atoms with Gasteiger partial charge in [-0.3, -0.25) is 0 Å². The summed E-state index contributed by atoms with van der Waals surface area (Å²) in [7, 11) is 1.81. The Morgan fingerprint density at radius 2 is 2.21 bits per heavy atom. The average molecular weight is 195 g/mol. The first-order valence-electron chi connectivity index (χ1n) is 5.54. The number of ether oxygens (including phenoxy) is 1. The van der Waals surface area contributed by atoms with E-state index in [1.165, 1.54) is 25.7 Å². The van der Waals surface area contributed by atoms with Crippen molar-refractivity contribution in [2.45, 2.75) is 38.2 Å². The van der Waals surface area contributed by atoms with Gasteiger partial charge in [-0.25, -0.2) is 0 Å². The van der Waals surface area contributed by atoms with Crippen molar-refractivity contribution >= 4 is 5.71 Å². The highest BCUT2D eigenvalue weighted by atomic mass is 16.5. The maximum absolute atomic E-state index is 8.98. The van der Waals surface area contributed by atoms with Gasteiger partial charge in [-0.05, 0) is 43.9 Å². The first kappa shape index (κ1) is 8.72. The lowest BCUT2D eigenvalue weighted by Crippen LogP contribution is -2.18. The standard InChI is InChI=1S/C11H17NO2/c1-14-8-4-7-5-10(12-13)11(2-3-11)9(7)6-8/h7-9,13H,2-6H2,1H3/b12-10+/t7-,8-,9-/m1/s1. The Hall–Kier alpha value is -0.570. The first-order chi connectivity index (χ1) is 6.80. The van der Waals surface area contributed by atoms with Crippen LogP contribution in [-0.2, 0) is 4.74 Å². The Kier molecular flexibility index (Phi) is 1.69. The van der Waals surface area contributed by atoms with Gasteiger partial charge in [0.2, 0.25) is 0 Å². The van der Waals surface area contributed by atoms with Gasteiger partial charge in [0.1, 0.15) is 0 Å². The maximum Gasteiger partial charge on any atom is 0.0638 e. The van der Waals surface area contributed by atoms with Crippen LogP contribution in [0.1, 0.15) is 32.1 Å². The third-order valence-electron chi connectivity index (χ3n) is 4.63. The van der Waals surface area contributed by atoms with Gasteiger partial charge in [-0.15, -0.1) is 0 Å². The Labute approximate surface area is 84.1 Å². The minimum absolute atomic E-state index is 0.312. The molecule has 0 aliphatic heterocycles. The quantitative estimate of drug-likeness (QED) is 0.514. The van der Waals surface area contributed by atoms with Crippen LogP contribution in [0.15, 0.2) is 5.16 Å². The molecule has 3 rings (SSSR count). The van der Waals surface area contributed by atoms with Crippen LogP contribution in [0.4, 0.5) is 0 Å². The SMILES string of the molecule is CO[C@@H]1C[C@@H]2C/C(=N\O)C3(CC3)[C@@H]2C1. The second kappa shape index (κ2) is 2.72. The minimum Gasteiger partial charge on any atom is -0.411 e. The van der Waals surface area contributed by atoms with Crippen LogP contribution in [0, 0.1) is 17.3 Å². The third kappa shape index (κ3) is 0.937. The minimum atomic E-state index is 0.312. The molecule has 3 heteroatoms. The first-order valence-corrected chi connectivity index (χ1v) is 5.54. The summed E-state index contributed by atoms with van der Waals surface area (Å²) in [5.41, 5.74) is 1.40. The van der Waals surface area contributed by atoms with Crippen molar-refractivity contribution in [1.29, 1.82) is 0 Å². The van der Waals surface area contributed by atoms with Crippen molar-refractivity contribution in [3.8, 4) is 0 Å². The molecule has 3 atom stereocenters. The monoisotopic (exact) mass is 195 g/mol. The fourth-order valence-electron chi connectivity index (χ4n) is 3.77. The fraction of sp³-hybridized carbons (Fsp3) is 0.909. The average Bonchev–Trinajstić information content (AvgIpc) is 2.80. The molecule has 3 saturated carbocycles. The highest BCUT2D eigenvalue weighted by Gasteiger charge is 2.63. The largest absolute Gasteiger partial charge is 0.411 e. The van der Waals surface area contributed by atoms with Gasteiger partial charge >= 0.3 is 0 Å². The normalized spacial score (nSPS) is 46.1. The summed E-state index contributed by atoms with van der Waals surface area (Å²) in [4.78, 5) is 0. The fourth-order valence-corrected chi connectivity index (χ4v) is 3.77. The molecule has 78 valence electrons. The van der Waals surface area contributed by atoms with Crippen molar-refractivity contribution in [2.24, 2.45) is 22.4 Å². The summed E-state index contributed by atoms with van der Waals surface area (Å²) >= 11 is 0. The number of methoxy groups -OCH3 is 1. The molecular weight excluding hydrogens is 178 g/mol. The van der Waals surface area contributed by atoms with E-state index in [2.05, 4.69) is 5.16 Å². The molecule has 0 saturated heterocycles. The molecule has 0 amide bonds. The predicted molar refractivity (Wildman–Crippen MR) is 52.5 cm³/mol. The molecule has 0 bridgehead atoms. The van der Waals surface area contributed by atoms with Crippen LogP contribution in [0.5, 0.6) is 0 Å². The zero-order valence-corrected chi connectivity index (χ0v) is 8.57. The molecule has 0 radical (unpaired) electrons. The van der Waals surface area contributed by atoms with E-state index in [4.69, 9.17) is 9.94 Å². The van der Waals surface area contributed by atoms with E-state index in [1.807, 2.05) is 7.11 Å². The smallest absolute Gasteiger partial charge is 0.0638 e. The van der Waals surface area contributed by atoms with E-state index < -0.39 is 0 Å². The molecule has 14 heavy (non-hydrogen) atoms. The topological polar surface area (TPSA) is 41.8 Å². The molecule has 1 N–H and O–H groups in total. The van der Waals surface area contributed by atoms with E-state index in [1.54, 1.807) is 0 Å². The highest BCUT2D eigenvalue weighted by Crippen LogP contribution is 2.65. The van der Waals surface area contributed by atoms with E-state index >= 15 is 0 Å². The molecule has 0 unspecified atom stereocenters. The summed E-state index contributed by atoms with van der Waals surface area (Å²) in [5.74, 6) is 1.48. The number of oxime groups is 1. The predicted octanol–water partition coefficient (Wildman–Crippen LogP) is 2.04. The maximum atomic E-state index is 8.98. The highest BCUT2D eigenvalue weighted by molar-refractivity contribution is 5.95. The van der Waals surface area contributed by atoms with Crippen LogP contribution < -0.4 is 0 Å². The van der Waals surface area contributed by atoms with Crippen molar-refractivity contribution in [3.05, 3.63) is 0 Å². The van der Waals surface area contributed by atoms with E-state index in [0.717, 1.165) is 24.0 Å². The molecular formula is C11H17NO2. The van der Waals surface area contributed by atoms with Crippen molar-refractivity contribution in [1.82, 2.24) is 0 Å². The van der Waals surface area contributed by atoms with E-state index in [9.17, 15) is 0 Å². The Morgan fingerprint density at radius 3 is 2.79 bits per heavy atom. The molecule has 1 spiro atoms. The summed E-state index contributed by atoms with van der Waals surface area (Å²) in [5, 5.41) is 12.5. The third-order valence-corrected chi connectivity index (χ3v) is 4.63. The number of hydrogen-bond donors (Lipinski definition) is 1. The molecule has 0 aromatic rings. The zero-order chi connectivity index (χ0) is 9.76. The second-order valence-electron chi connectivity index (χ2n) is 5.10. The van der Waals surface area contributed by atoms with Gasteiger partial charge < -0.3 is 9.94 Å². The summed E-state index contributed by atoms with van der Waals surface area (Å²) in [6, 6.07) is 0. The van der Waals surface area contributed by atoms with Gasteiger partial charge in [0.15, 0.2) is 0 Å². The molecule has 3 nitrogen and oxygen atoms in total. The van der Waals surface area contributed by atoms with E-state index in [-0.39, 0.29) is 0 Å². The van der Waals surface area contributed by atoms with Crippen LogP contribution in [0.2, 0.25) is 0 Å². The molecule has 0 heterocycles. The van der Waals surface area contributed by atoms with Gasteiger partial charge in [0.05, 0.1) is 11.8 Å². The zero-order valence-electron chi connectivity index (χ0n) is 8.57. The Balaban J connectivity index is 1.85. The Morgan fingerprint density at radius 1 is 1.43 bits per heavy atom. The van der Waals surface area contributed by atoms with E-state index in [0.29, 0.717) is 11.5 Å². The number of nitrogens with zero attached hydrogens (tertiary/aromatic N) is 1. The van der Waals surface area contributed by atoms with Gasteiger partial charge in [-0.2, -0.15) is 0 Å². The number of hydrogen-bond acceptors (Lipinski definition) is 3. The lowest BCUT2D eigenvalue weighted by atomic mass is 9.88. The van der Waals surface area contributed by atoms with Crippen LogP contribution in [-0.4, -0.2) is 24.1 Å². The molecule has 0 aromatic heterocycles. The van der Waals surface area contributed by atoms with Crippen LogP contribution >= 0.6 is 0 Å². The summed E-state index contributed by atoms with van der Waals surface area (Å²) in [6.45, 7) is 0. The van der Waals surface area contributed by atoms with Crippen LogP contribution in [0.3, 0.4) is 0 Å².